The molecule has 0 unspecified atom stereocenters. The Hall–Kier alpha value is -1.83. The Labute approximate surface area is 189 Å². The summed E-state index contributed by atoms with van der Waals surface area (Å²) < 4.78 is 10.4. The van der Waals surface area contributed by atoms with Gasteiger partial charge in [-0.25, -0.2) is 4.79 Å². The molecule has 0 fully saturated rings. The zero-order chi connectivity index (χ0) is 24.5. The van der Waals surface area contributed by atoms with E-state index in [-0.39, 0.29) is 41.7 Å². The lowest BCUT2D eigenvalue weighted by Crippen LogP contribution is -2.60. The predicted molar refractivity (Wildman–Crippen MR) is 123 cm³/mol. The van der Waals surface area contributed by atoms with Crippen LogP contribution < -0.4 is 5.32 Å². The number of methoxy groups -OCH3 is 2. The van der Waals surface area contributed by atoms with Crippen LogP contribution in [0.2, 0.25) is 0 Å². The highest BCUT2D eigenvalue weighted by molar-refractivity contribution is 5.91. The van der Waals surface area contributed by atoms with Crippen molar-refractivity contribution >= 4 is 17.9 Å². The number of rotatable bonds is 12. The predicted octanol–water partition coefficient (Wildman–Crippen LogP) is 3.15. The standard InChI is InChI=1S/C23H45N3O5/c1-12-16(7)20(17(13-2)30-10)25(8)22(28)18(14(3)4)24-21(27)19(15(5)6)26(9)23(29)31-11/h14-20H,12-13H2,1-11H3,(H,24,27)/t16-,17+,18-,19-,20-/m0/s1. The van der Waals surface area contributed by atoms with Gasteiger partial charge >= 0.3 is 6.09 Å². The fourth-order valence-electron chi connectivity index (χ4n) is 4.09. The third-order valence-corrected chi connectivity index (χ3v) is 6.12. The monoisotopic (exact) mass is 443 g/mol. The number of hydrogen-bond acceptors (Lipinski definition) is 5. The van der Waals surface area contributed by atoms with Crippen LogP contribution in [0.25, 0.3) is 0 Å². The van der Waals surface area contributed by atoms with E-state index in [0.717, 1.165) is 12.8 Å². The van der Waals surface area contributed by atoms with Gasteiger partial charge in [0.2, 0.25) is 11.8 Å². The first-order chi connectivity index (χ1) is 14.4. The molecular weight excluding hydrogens is 398 g/mol. The minimum atomic E-state index is -0.750. The third kappa shape index (κ3) is 7.66. The third-order valence-electron chi connectivity index (χ3n) is 6.12. The summed E-state index contributed by atoms with van der Waals surface area (Å²) >= 11 is 0. The molecule has 182 valence electrons. The van der Waals surface area contributed by atoms with Crippen LogP contribution in [0.5, 0.6) is 0 Å². The second-order valence-electron chi connectivity index (χ2n) is 9.01. The maximum atomic E-state index is 13.5. The SMILES string of the molecule is CC[C@H](C)[C@@H]([C@@H](CC)OC)N(C)C(=O)[C@@H](NC(=O)[C@H](C(C)C)N(C)C(=O)OC)C(C)C. The number of ether oxygens (including phenoxy) is 2. The minimum absolute atomic E-state index is 0.0960. The van der Waals surface area contributed by atoms with E-state index in [4.69, 9.17) is 9.47 Å². The molecule has 1 N–H and O–H groups in total. The van der Waals surface area contributed by atoms with E-state index in [0.29, 0.717) is 0 Å². The van der Waals surface area contributed by atoms with Gasteiger partial charge in [0.15, 0.2) is 0 Å². The fraction of sp³-hybridized carbons (Fsp3) is 0.870. The van der Waals surface area contributed by atoms with E-state index in [2.05, 4.69) is 19.2 Å². The molecule has 0 saturated heterocycles. The van der Waals surface area contributed by atoms with Gasteiger partial charge in [-0.2, -0.15) is 0 Å². The molecule has 5 atom stereocenters. The number of nitrogens with zero attached hydrogens (tertiary/aromatic N) is 2. The molecule has 0 rings (SSSR count). The lowest BCUT2D eigenvalue weighted by molar-refractivity contribution is -0.143. The molecule has 0 aliphatic rings. The summed E-state index contributed by atoms with van der Waals surface area (Å²) in [6, 6.07) is -1.57. The van der Waals surface area contributed by atoms with Crippen molar-refractivity contribution in [2.45, 2.75) is 85.5 Å². The van der Waals surface area contributed by atoms with Crippen molar-refractivity contribution in [2.75, 3.05) is 28.3 Å². The van der Waals surface area contributed by atoms with Crippen LogP contribution in [0, 0.1) is 17.8 Å². The Bertz CT molecular complexity index is 578. The molecule has 31 heavy (non-hydrogen) atoms. The van der Waals surface area contributed by atoms with Crippen molar-refractivity contribution < 1.29 is 23.9 Å². The lowest BCUT2D eigenvalue weighted by Gasteiger charge is -2.40. The summed E-state index contributed by atoms with van der Waals surface area (Å²) in [7, 11) is 6.25. The van der Waals surface area contributed by atoms with E-state index >= 15 is 0 Å². The van der Waals surface area contributed by atoms with Crippen LogP contribution in [0.15, 0.2) is 0 Å². The maximum Gasteiger partial charge on any atom is 0.409 e. The van der Waals surface area contributed by atoms with Gasteiger partial charge in [-0.05, 0) is 24.2 Å². The van der Waals surface area contributed by atoms with Gasteiger partial charge in [-0.15, -0.1) is 0 Å². The van der Waals surface area contributed by atoms with Gasteiger partial charge in [-0.1, -0.05) is 54.9 Å². The van der Waals surface area contributed by atoms with Crippen molar-refractivity contribution in [3.63, 3.8) is 0 Å². The highest BCUT2D eigenvalue weighted by atomic mass is 16.5. The van der Waals surface area contributed by atoms with Crippen LogP contribution in [-0.2, 0) is 19.1 Å². The fourth-order valence-corrected chi connectivity index (χ4v) is 4.09. The van der Waals surface area contributed by atoms with Gasteiger partial charge in [0, 0.05) is 21.2 Å². The van der Waals surface area contributed by atoms with Crippen molar-refractivity contribution in [3.05, 3.63) is 0 Å². The lowest BCUT2D eigenvalue weighted by atomic mass is 9.90. The smallest absolute Gasteiger partial charge is 0.409 e. The Morgan fingerprint density at radius 2 is 1.42 bits per heavy atom. The largest absolute Gasteiger partial charge is 0.453 e. The Morgan fingerprint density at radius 3 is 1.77 bits per heavy atom. The molecule has 0 spiro atoms. The minimum Gasteiger partial charge on any atom is -0.453 e. The number of carbonyl (C=O) groups excluding carboxylic acids is 3. The molecule has 8 nitrogen and oxygen atoms in total. The zero-order valence-electron chi connectivity index (χ0n) is 21.4. The van der Waals surface area contributed by atoms with Gasteiger partial charge < -0.3 is 19.7 Å². The van der Waals surface area contributed by atoms with Crippen LogP contribution in [0.4, 0.5) is 4.79 Å². The summed E-state index contributed by atoms with van der Waals surface area (Å²) in [5, 5.41) is 2.90. The van der Waals surface area contributed by atoms with E-state index in [1.54, 1.807) is 19.1 Å². The first-order valence-electron chi connectivity index (χ1n) is 11.3. The first-order valence-corrected chi connectivity index (χ1v) is 11.3. The van der Waals surface area contributed by atoms with Crippen LogP contribution in [0.3, 0.4) is 0 Å². The average molecular weight is 444 g/mol. The number of nitrogens with one attached hydrogen (secondary N) is 1. The highest BCUT2D eigenvalue weighted by Crippen LogP contribution is 2.23. The first kappa shape index (κ1) is 29.2. The van der Waals surface area contributed by atoms with Gasteiger partial charge in [0.05, 0.1) is 19.3 Å². The van der Waals surface area contributed by atoms with E-state index < -0.39 is 18.2 Å². The molecule has 0 heterocycles. The maximum absolute atomic E-state index is 13.5. The van der Waals surface area contributed by atoms with Crippen LogP contribution in [-0.4, -0.2) is 80.3 Å². The van der Waals surface area contributed by atoms with Crippen LogP contribution >= 0.6 is 0 Å². The van der Waals surface area contributed by atoms with Gasteiger partial charge in [0.1, 0.15) is 12.1 Å². The summed E-state index contributed by atoms with van der Waals surface area (Å²) in [6.07, 6.45) is 0.990. The summed E-state index contributed by atoms with van der Waals surface area (Å²) in [6.45, 7) is 13.7. The number of hydrogen-bond donors (Lipinski definition) is 1. The second-order valence-corrected chi connectivity index (χ2v) is 9.01. The van der Waals surface area contributed by atoms with Gasteiger partial charge in [-0.3, -0.25) is 14.5 Å². The summed E-state index contributed by atoms with van der Waals surface area (Å²) in [5.41, 5.74) is 0. The molecule has 8 heteroatoms. The normalized spacial score (nSPS) is 16.3. The molecule has 0 bridgehead atoms. The average Bonchev–Trinajstić information content (AvgIpc) is 2.72. The van der Waals surface area contributed by atoms with E-state index in [1.165, 1.54) is 19.1 Å². The Kier molecular flexibility index (Phi) is 12.8. The zero-order valence-corrected chi connectivity index (χ0v) is 21.4. The van der Waals surface area contributed by atoms with Crippen LogP contribution in [0.1, 0.15) is 61.3 Å². The number of amides is 3. The van der Waals surface area contributed by atoms with E-state index in [1.807, 2.05) is 34.6 Å². The molecule has 0 aromatic carbocycles. The molecule has 0 aromatic rings. The summed E-state index contributed by atoms with van der Waals surface area (Å²) in [4.78, 5) is 41.7. The molecule has 0 radical (unpaired) electrons. The van der Waals surface area contributed by atoms with Crippen molar-refractivity contribution in [1.29, 1.82) is 0 Å². The Balaban J connectivity index is 5.82. The highest BCUT2D eigenvalue weighted by Gasteiger charge is 2.38. The molecule has 0 aliphatic carbocycles. The summed E-state index contributed by atoms with van der Waals surface area (Å²) in [5.74, 6) is -0.586. The number of likely N-dealkylation sites (N-methyl/N-ethyl adjacent to an activating group) is 2. The topological polar surface area (TPSA) is 88.2 Å². The van der Waals surface area contributed by atoms with E-state index in [9.17, 15) is 14.4 Å². The van der Waals surface area contributed by atoms with Gasteiger partial charge in [0.25, 0.3) is 0 Å². The van der Waals surface area contributed by atoms with Crippen molar-refractivity contribution in [2.24, 2.45) is 17.8 Å². The van der Waals surface area contributed by atoms with Crippen molar-refractivity contribution in [3.8, 4) is 0 Å². The molecular formula is C23H45N3O5. The molecule has 0 aromatic heterocycles. The second kappa shape index (κ2) is 13.6. The molecule has 3 amide bonds. The van der Waals surface area contributed by atoms with Crippen molar-refractivity contribution in [1.82, 2.24) is 15.1 Å². The molecule has 0 aliphatic heterocycles. The Morgan fingerprint density at radius 1 is 0.871 bits per heavy atom. The molecule has 0 saturated carbocycles. The quantitative estimate of drug-likeness (QED) is 0.501. The number of carbonyl (C=O) groups is 3.